The molecule has 0 radical (unpaired) electrons. The van der Waals surface area contributed by atoms with Gasteiger partial charge in [-0.15, -0.1) is 0 Å². The molecule has 204 valence electrons. The molecule has 1 N–H and O–H groups in total. The summed E-state index contributed by atoms with van der Waals surface area (Å²) in [6, 6.07) is 13.3. The highest BCUT2D eigenvalue weighted by atomic mass is 35.5. The molecule has 0 aliphatic carbocycles. The van der Waals surface area contributed by atoms with Gasteiger partial charge in [-0.05, 0) is 43.3 Å². The third-order valence-electron chi connectivity index (χ3n) is 6.41. The molecule has 9 nitrogen and oxygen atoms in total. The van der Waals surface area contributed by atoms with Gasteiger partial charge in [0.25, 0.3) is 0 Å². The first kappa shape index (κ1) is 27.9. The number of ether oxygens (including phenoxy) is 2. The van der Waals surface area contributed by atoms with Crippen LogP contribution < -0.4 is 19.7 Å². The number of anilines is 1. The van der Waals surface area contributed by atoms with Crippen LogP contribution in [-0.4, -0.2) is 79.2 Å². The van der Waals surface area contributed by atoms with Gasteiger partial charge in [-0.2, -0.15) is 0 Å². The SMILES string of the molecule is COc1ccc(-c2nc(C[S@@](=O)CC(=O)NCCN3CCN(c4cccc(Cl)c4)CC3)c(C)o2)cc1OC. The Morgan fingerprint density at radius 1 is 1.11 bits per heavy atom. The normalized spacial score (nSPS) is 14.8. The summed E-state index contributed by atoms with van der Waals surface area (Å²) in [5, 5.41) is 3.63. The summed E-state index contributed by atoms with van der Waals surface area (Å²) in [6.45, 7) is 6.65. The first-order valence-corrected chi connectivity index (χ1v) is 14.3. The van der Waals surface area contributed by atoms with E-state index >= 15 is 0 Å². The van der Waals surface area contributed by atoms with Crippen molar-refractivity contribution in [3.05, 3.63) is 58.9 Å². The lowest BCUT2D eigenvalue weighted by molar-refractivity contribution is -0.118. The number of hydrogen-bond acceptors (Lipinski definition) is 8. The van der Waals surface area contributed by atoms with E-state index in [0.717, 1.165) is 43.4 Å². The van der Waals surface area contributed by atoms with Crippen molar-refractivity contribution >= 4 is 34.0 Å². The van der Waals surface area contributed by atoms with Crippen LogP contribution in [0.1, 0.15) is 11.5 Å². The fourth-order valence-electron chi connectivity index (χ4n) is 4.31. The molecule has 1 aliphatic heterocycles. The minimum Gasteiger partial charge on any atom is -0.493 e. The molecule has 0 spiro atoms. The molecule has 1 saturated heterocycles. The van der Waals surface area contributed by atoms with E-state index < -0.39 is 10.8 Å². The van der Waals surface area contributed by atoms with Gasteiger partial charge in [0, 0.05) is 66.3 Å². The zero-order valence-electron chi connectivity index (χ0n) is 21.9. The Morgan fingerprint density at radius 3 is 2.58 bits per heavy atom. The standard InChI is InChI=1S/C27H33ClN4O5S/c1-19-23(30-27(37-19)20-7-8-24(35-2)25(15-20)36-3)17-38(34)18-26(33)29-9-10-31-11-13-32(14-12-31)22-6-4-5-21(28)16-22/h4-8,15-16H,9-14,17-18H2,1-3H3,(H,29,33)/t38-/m1/s1. The van der Waals surface area contributed by atoms with Crippen molar-refractivity contribution in [2.45, 2.75) is 12.7 Å². The van der Waals surface area contributed by atoms with E-state index in [0.29, 0.717) is 41.0 Å². The molecular weight excluding hydrogens is 528 g/mol. The van der Waals surface area contributed by atoms with Crippen molar-refractivity contribution < 1.29 is 22.9 Å². The highest BCUT2D eigenvalue weighted by Crippen LogP contribution is 2.32. The summed E-state index contributed by atoms with van der Waals surface area (Å²) in [5.41, 5.74) is 2.42. The van der Waals surface area contributed by atoms with Crippen molar-refractivity contribution in [3.63, 3.8) is 0 Å². The largest absolute Gasteiger partial charge is 0.493 e. The number of aryl methyl sites for hydroxylation is 1. The highest BCUT2D eigenvalue weighted by Gasteiger charge is 2.19. The van der Waals surface area contributed by atoms with Crippen LogP contribution in [0.15, 0.2) is 46.9 Å². The van der Waals surface area contributed by atoms with Crippen LogP contribution in [0.25, 0.3) is 11.5 Å². The molecule has 11 heteroatoms. The Labute approximate surface area is 230 Å². The van der Waals surface area contributed by atoms with Gasteiger partial charge in [-0.3, -0.25) is 13.9 Å². The maximum absolute atomic E-state index is 12.7. The Morgan fingerprint density at radius 2 is 1.87 bits per heavy atom. The molecule has 1 fully saturated rings. The number of aromatic nitrogens is 1. The van der Waals surface area contributed by atoms with E-state index in [2.05, 4.69) is 26.2 Å². The molecule has 0 unspecified atom stereocenters. The molecule has 0 saturated carbocycles. The number of nitrogens with one attached hydrogen (secondary N) is 1. The second-order valence-corrected chi connectivity index (χ2v) is 10.9. The number of carbonyl (C=O) groups is 1. The van der Waals surface area contributed by atoms with Crippen LogP contribution in [-0.2, 0) is 21.3 Å². The maximum Gasteiger partial charge on any atom is 0.232 e. The lowest BCUT2D eigenvalue weighted by atomic mass is 10.2. The minimum atomic E-state index is -1.41. The molecule has 38 heavy (non-hydrogen) atoms. The molecule has 1 aromatic heterocycles. The summed E-state index contributed by atoms with van der Waals surface area (Å²) < 4.78 is 29.1. The number of rotatable bonds is 11. The number of nitrogens with zero attached hydrogens (tertiary/aromatic N) is 3. The van der Waals surface area contributed by atoms with Crippen molar-refractivity contribution in [1.82, 2.24) is 15.2 Å². The third-order valence-corrected chi connectivity index (χ3v) is 7.82. The molecule has 2 aromatic carbocycles. The van der Waals surface area contributed by atoms with Crippen LogP contribution in [0.3, 0.4) is 0 Å². The van der Waals surface area contributed by atoms with Gasteiger partial charge < -0.3 is 24.1 Å². The summed E-state index contributed by atoms with van der Waals surface area (Å²) in [7, 11) is 1.72. The molecule has 1 aliphatic rings. The summed E-state index contributed by atoms with van der Waals surface area (Å²) in [6.07, 6.45) is 0. The smallest absolute Gasteiger partial charge is 0.232 e. The maximum atomic E-state index is 12.7. The number of hydrogen-bond donors (Lipinski definition) is 1. The van der Waals surface area contributed by atoms with Gasteiger partial charge in [0.2, 0.25) is 11.8 Å². The molecule has 0 bridgehead atoms. The van der Waals surface area contributed by atoms with Gasteiger partial charge >= 0.3 is 0 Å². The van der Waals surface area contributed by atoms with Gasteiger partial charge in [0.1, 0.15) is 11.5 Å². The number of oxazole rings is 1. The highest BCUT2D eigenvalue weighted by molar-refractivity contribution is 7.84. The number of methoxy groups -OCH3 is 2. The van der Waals surface area contributed by atoms with Crippen LogP contribution in [0.4, 0.5) is 5.69 Å². The zero-order chi connectivity index (χ0) is 27.1. The number of amides is 1. The average Bonchev–Trinajstić information content (AvgIpc) is 3.28. The first-order chi connectivity index (χ1) is 18.4. The molecule has 2 heterocycles. The van der Waals surface area contributed by atoms with E-state index in [4.69, 9.17) is 25.5 Å². The Bertz CT molecular complexity index is 1280. The van der Waals surface area contributed by atoms with Crippen molar-refractivity contribution in [2.75, 3.05) is 64.1 Å². The fraction of sp³-hybridized carbons (Fsp3) is 0.407. The summed E-state index contributed by atoms with van der Waals surface area (Å²) in [4.78, 5) is 21.5. The first-order valence-electron chi connectivity index (χ1n) is 12.4. The topological polar surface area (TPSA) is 97.1 Å². The minimum absolute atomic E-state index is 0.0828. The van der Waals surface area contributed by atoms with Gasteiger partial charge in [0.05, 0.1) is 25.7 Å². The van der Waals surface area contributed by atoms with Crippen molar-refractivity contribution in [3.8, 4) is 23.0 Å². The quantitative estimate of drug-likeness (QED) is 0.380. The van der Waals surface area contributed by atoms with Crippen LogP contribution >= 0.6 is 11.6 Å². The lowest BCUT2D eigenvalue weighted by Gasteiger charge is -2.36. The fourth-order valence-corrected chi connectivity index (χ4v) is 5.57. The monoisotopic (exact) mass is 560 g/mol. The second kappa shape index (κ2) is 13.1. The van der Waals surface area contributed by atoms with E-state index in [1.54, 1.807) is 33.3 Å². The number of piperazine rings is 1. The molecule has 1 amide bonds. The van der Waals surface area contributed by atoms with Crippen LogP contribution in [0.5, 0.6) is 11.5 Å². The average molecular weight is 561 g/mol. The van der Waals surface area contributed by atoms with Crippen LogP contribution in [0, 0.1) is 6.92 Å². The molecule has 4 rings (SSSR count). The van der Waals surface area contributed by atoms with Crippen molar-refractivity contribution in [2.24, 2.45) is 0 Å². The van der Waals surface area contributed by atoms with E-state index in [-0.39, 0.29) is 17.4 Å². The Hall–Kier alpha value is -3.08. The number of carbonyl (C=O) groups excluding carboxylic acids is 1. The molecule has 1 atom stereocenters. The van der Waals surface area contributed by atoms with E-state index in [9.17, 15) is 9.00 Å². The summed E-state index contributed by atoms with van der Waals surface area (Å²) in [5.74, 6) is 1.96. The van der Waals surface area contributed by atoms with Gasteiger partial charge in [0.15, 0.2) is 11.5 Å². The predicted octanol–water partition coefficient (Wildman–Crippen LogP) is 3.51. The van der Waals surface area contributed by atoms with Crippen LogP contribution in [0.2, 0.25) is 5.02 Å². The molecule has 3 aromatic rings. The number of halogens is 1. The Kier molecular flexibility index (Phi) is 9.65. The summed E-state index contributed by atoms with van der Waals surface area (Å²) >= 11 is 6.11. The zero-order valence-corrected chi connectivity index (χ0v) is 23.4. The third kappa shape index (κ3) is 7.27. The Balaban J connectivity index is 1.20. The van der Waals surface area contributed by atoms with Crippen molar-refractivity contribution in [1.29, 1.82) is 0 Å². The second-order valence-electron chi connectivity index (χ2n) is 8.98. The van der Waals surface area contributed by atoms with E-state index in [1.165, 1.54) is 0 Å². The van der Waals surface area contributed by atoms with Gasteiger partial charge in [-0.25, -0.2) is 4.98 Å². The van der Waals surface area contributed by atoms with E-state index in [1.807, 2.05) is 24.3 Å². The molecular formula is C27H33ClN4O5S. The lowest BCUT2D eigenvalue weighted by Crippen LogP contribution is -2.48. The number of benzene rings is 2. The predicted molar refractivity (Wildman–Crippen MR) is 150 cm³/mol. The van der Waals surface area contributed by atoms with Gasteiger partial charge in [-0.1, -0.05) is 17.7 Å².